The van der Waals surface area contributed by atoms with Crippen LogP contribution >= 0.6 is 24.0 Å². The second kappa shape index (κ2) is 7.98. The van der Waals surface area contributed by atoms with Gasteiger partial charge in [0.05, 0.1) is 0 Å². The van der Waals surface area contributed by atoms with E-state index in [4.69, 9.17) is 17.3 Å². The number of halogens is 4. The minimum atomic E-state index is -2.82. The molecule has 0 saturated carbocycles. The number of hydrogen-bond acceptors (Lipinski definition) is 3. The van der Waals surface area contributed by atoms with Gasteiger partial charge in [0.15, 0.2) is 0 Å². The van der Waals surface area contributed by atoms with Crippen molar-refractivity contribution in [3.63, 3.8) is 0 Å². The topological polar surface area (TPSA) is 38.5 Å². The van der Waals surface area contributed by atoms with Crippen LogP contribution in [0.25, 0.3) is 0 Å². The molecule has 1 fully saturated rings. The molecule has 1 saturated heterocycles. The molecule has 0 radical (unpaired) electrons. The zero-order valence-electron chi connectivity index (χ0n) is 10.9. The molecule has 1 aromatic carbocycles. The number of hydrogen-bond donors (Lipinski definition) is 1. The number of nitrogens with two attached hydrogens (primary N) is 1. The largest absolute Gasteiger partial charge is 0.434 e. The predicted octanol–water partition coefficient (Wildman–Crippen LogP) is 3.14. The van der Waals surface area contributed by atoms with E-state index in [1.165, 1.54) is 6.07 Å². The average molecular weight is 327 g/mol. The van der Waals surface area contributed by atoms with E-state index in [0.29, 0.717) is 29.6 Å². The van der Waals surface area contributed by atoms with Crippen LogP contribution in [0.2, 0.25) is 5.02 Å². The third-order valence-corrected chi connectivity index (χ3v) is 3.57. The maximum Gasteiger partial charge on any atom is 0.387 e. The van der Waals surface area contributed by atoms with E-state index in [-0.39, 0.29) is 18.2 Å². The summed E-state index contributed by atoms with van der Waals surface area (Å²) >= 11 is 5.91. The fraction of sp³-hybridized carbons (Fsp3) is 0.538. The van der Waals surface area contributed by atoms with Crippen molar-refractivity contribution in [1.29, 1.82) is 0 Å². The van der Waals surface area contributed by atoms with E-state index < -0.39 is 6.61 Å². The summed E-state index contributed by atoms with van der Waals surface area (Å²) in [4.78, 5) is 2.18. The fourth-order valence-corrected chi connectivity index (χ4v) is 2.57. The third-order valence-electron chi connectivity index (χ3n) is 3.34. The average Bonchev–Trinajstić information content (AvgIpc) is 2.80. The summed E-state index contributed by atoms with van der Waals surface area (Å²) in [6.45, 7) is 0.195. The van der Waals surface area contributed by atoms with Crippen LogP contribution in [0.4, 0.5) is 8.78 Å². The highest BCUT2D eigenvalue weighted by molar-refractivity contribution is 6.30. The first kappa shape index (κ1) is 17.4. The van der Waals surface area contributed by atoms with Crippen molar-refractivity contribution in [2.45, 2.75) is 19.6 Å². The van der Waals surface area contributed by atoms with Gasteiger partial charge in [-0.2, -0.15) is 8.78 Å². The summed E-state index contributed by atoms with van der Waals surface area (Å²) < 4.78 is 29.2. The first-order valence-corrected chi connectivity index (χ1v) is 6.62. The first-order chi connectivity index (χ1) is 9.08. The molecule has 1 atom stereocenters. The van der Waals surface area contributed by atoms with Crippen LogP contribution in [0.3, 0.4) is 0 Å². The second-order valence-corrected chi connectivity index (χ2v) is 5.19. The molecule has 7 heteroatoms. The Bertz CT molecular complexity index is 435. The van der Waals surface area contributed by atoms with Crippen LogP contribution in [0.5, 0.6) is 5.75 Å². The van der Waals surface area contributed by atoms with Crippen molar-refractivity contribution in [3.8, 4) is 5.75 Å². The van der Waals surface area contributed by atoms with Crippen molar-refractivity contribution in [2.24, 2.45) is 11.7 Å². The van der Waals surface area contributed by atoms with Gasteiger partial charge in [-0.1, -0.05) is 11.6 Å². The Labute approximate surface area is 128 Å². The number of ether oxygens (including phenoxy) is 1. The summed E-state index contributed by atoms with van der Waals surface area (Å²) in [6.07, 6.45) is 1.04. The summed E-state index contributed by atoms with van der Waals surface area (Å²) in [6, 6.07) is 4.71. The Hall–Kier alpha value is -0.620. The number of rotatable bonds is 5. The van der Waals surface area contributed by atoms with E-state index in [9.17, 15) is 8.78 Å². The van der Waals surface area contributed by atoms with Gasteiger partial charge in [0.2, 0.25) is 0 Å². The third kappa shape index (κ3) is 4.74. The highest BCUT2D eigenvalue weighted by Crippen LogP contribution is 2.27. The van der Waals surface area contributed by atoms with Crippen molar-refractivity contribution in [2.75, 3.05) is 19.6 Å². The number of alkyl halides is 2. The normalized spacial score (nSPS) is 19.1. The Balaban J connectivity index is 0.00000200. The van der Waals surface area contributed by atoms with E-state index in [0.717, 1.165) is 19.5 Å². The van der Waals surface area contributed by atoms with Crippen molar-refractivity contribution in [1.82, 2.24) is 4.90 Å². The van der Waals surface area contributed by atoms with Crippen molar-refractivity contribution in [3.05, 3.63) is 28.8 Å². The lowest BCUT2D eigenvalue weighted by Crippen LogP contribution is -2.23. The van der Waals surface area contributed by atoms with Gasteiger partial charge >= 0.3 is 6.61 Å². The van der Waals surface area contributed by atoms with Crippen LogP contribution in [0, 0.1) is 5.92 Å². The van der Waals surface area contributed by atoms with E-state index in [2.05, 4.69) is 9.64 Å². The fourth-order valence-electron chi connectivity index (χ4n) is 2.37. The van der Waals surface area contributed by atoms with Crippen LogP contribution in [-0.2, 0) is 6.54 Å². The summed E-state index contributed by atoms with van der Waals surface area (Å²) in [5.41, 5.74) is 6.32. The van der Waals surface area contributed by atoms with Crippen LogP contribution in [0.1, 0.15) is 12.0 Å². The minimum Gasteiger partial charge on any atom is -0.434 e. The maximum absolute atomic E-state index is 12.3. The highest BCUT2D eigenvalue weighted by atomic mass is 35.5. The highest BCUT2D eigenvalue weighted by Gasteiger charge is 2.22. The lowest BCUT2D eigenvalue weighted by molar-refractivity contribution is -0.0507. The molecular formula is C13H18Cl2F2N2O. The summed E-state index contributed by atoms with van der Waals surface area (Å²) in [7, 11) is 0. The molecule has 1 aliphatic heterocycles. The Morgan fingerprint density at radius 2 is 2.20 bits per heavy atom. The zero-order valence-corrected chi connectivity index (χ0v) is 12.5. The molecule has 0 aromatic heterocycles. The van der Waals surface area contributed by atoms with Crippen molar-refractivity contribution >= 4 is 24.0 Å². The molecule has 1 unspecified atom stereocenters. The number of benzene rings is 1. The monoisotopic (exact) mass is 326 g/mol. The predicted molar refractivity (Wildman–Crippen MR) is 77.8 cm³/mol. The Morgan fingerprint density at radius 3 is 2.80 bits per heavy atom. The molecule has 0 bridgehead atoms. The minimum absolute atomic E-state index is 0. The molecule has 0 aliphatic carbocycles. The molecule has 114 valence electrons. The molecular weight excluding hydrogens is 309 g/mol. The summed E-state index contributed by atoms with van der Waals surface area (Å²) in [5.74, 6) is 0.675. The number of likely N-dealkylation sites (tertiary alicyclic amines) is 1. The smallest absolute Gasteiger partial charge is 0.387 e. The van der Waals surface area contributed by atoms with E-state index in [1.807, 2.05) is 0 Å². The molecule has 1 aliphatic rings. The van der Waals surface area contributed by atoms with Crippen molar-refractivity contribution < 1.29 is 13.5 Å². The second-order valence-electron chi connectivity index (χ2n) is 4.76. The standard InChI is InChI=1S/C13H17ClF2N2O.ClH/c14-11-1-2-12(19-13(15)16)10(5-11)8-18-4-3-9(6-17)7-18;/h1-2,5,9,13H,3-4,6-8,17H2;1H. The van der Waals surface area contributed by atoms with Gasteiger partial charge in [0.25, 0.3) is 0 Å². The molecule has 3 nitrogen and oxygen atoms in total. The van der Waals surface area contributed by atoms with Crippen LogP contribution in [0.15, 0.2) is 18.2 Å². The SMILES string of the molecule is Cl.NCC1CCN(Cc2cc(Cl)ccc2OC(F)F)C1. The quantitative estimate of drug-likeness (QED) is 0.903. The van der Waals surface area contributed by atoms with Gasteiger partial charge < -0.3 is 10.5 Å². The van der Waals surface area contributed by atoms with Crippen LogP contribution in [-0.4, -0.2) is 31.1 Å². The molecule has 20 heavy (non-hydrogen) atoms. The Morgan fingerprint density at radius 1 is 1.45 bits per heavy atom. The van der Waals surface area contributed by atoms with Gasteiger partial charge in [-0.3, -0.25) is 4.90 Å². The van der Waals surface area contributed by atoms with Crippen LogP contribution < -0.4 is 10.5 Å². The van der Waals surface area contributed by atoms with E-state index >= 15 is 0 Å². The zero-order chi connectivity index (χ0) is 13.8. The molecule has 2 N–H and O–H groups in total. The molecule has 1 heterocycles. The molecule has 0 amide bonds. The molecule has 1 aromatic rings. The lowest BCUT2D eigenvalue weighted by Gasteiger charge is -2.18. The maximum atomic E-state index is 12.3. The lowest BCUT2D eigenvalue weighted by atomic mass is 10.1. The van der Waals surface area contributed by atoms with E-state index in [1.54, 1.807) is 12.1 Å². The van der Waals surface area contributed by atoms with Gasteiger partial charge in [0, 0.05) is 23.7 Å². The molecule has 0 spiro atoms. The summed E-state index contributed by atoms with van der Waals surface area (Å²) in [5, 5.41) is 0.520. The van der Waals surface area contributed by atoms with Gasteiger partial charge in [-0.15, -0.1) is 12.4 Å². The molecule has 2 rings (SSSR count). The Kier molecular flexibility index (Phi) is 6.95. The number of nitrogens with zero attached hydrogens (tertiary/aromatic N) is 1. The first-order valence-electron chi connectivity index (χ1n) is 6.24. The van der Waals surface area contributed by atoms with Gasteiger partial charge in [0.1, 0.15) is 5.75 Å². The van der Waals surface area contributed by atoms with Gasteiger partial charge in [-0.25, -0.2) is 0 Å². The van der Waals surface area contributed by atoms with Gasteiger partial charge in [-0.05, 0) is 43.6 Å².